The van der Waals surface area contributed by atoms with E-state index in [9.17, 15) is 13.2 Å². The van der Waals surface area contributed by atoms with Crippen LogP contribution >= 0.6 is 0 Å². The van der Waals surface area contributed by atoms with Crippen LogP contribution in [0.3, 0.4) is 0 Å². The number of carbonyl (C=O) groups excluding carboxylic acids is 1. The molecule has 27 heavy (non-hydrogen) atoms. The second-order valence-corrected chi connectivity index (χ2v) is 9.32. The molecule has 1 saturated heterocycles. The van der Waals surface area contributed by atoms with Gasteiger partial charge < -0.3 is 14.4 Å². The molecule has 8 heteroatoms. The average molecular weight is 397 g/mol. The van der Waals surface area contributed by atoms with Gasteiger partial charge in [-0.25, -0.2) is 13.1 Å². The van der Waals surface area contributed by atoms with Crippen LogP contribution in [-0.4, -0.2) is 52.1 Å². The van der Waals surface area contributed by atoms with Crippen molar-refractivity contribution in [2.45, 2.75) is 38.0 Å². The van der Waals surface area contributed by atoms with Crippen LogP contribution in [0.15, 0.2) is 23.1 Å². The Kier molecular flexibility index (Phi) is 6.26. The van der Waals surface area contributed by atoms with Crippen LogP contribution in [0.4, 0.5) is 0 Å². The van der Waals surface area contributed by atoms with Gasteiger partial charge in [0.1, 0.15) is 0 Å². The molecule has 1 N–H and O–H groups in total. The maximum atomic E-state index is 12.5. The van der Waals surface area contributed by atoms with E-state index in [1.54, 1.807) is 6.07 Å². The summed E-state index contributed by atoms with van der Waals surface area (Å²) >= 11 is 0. The standard InChI is InChI=1S/C19H28N2O5S/c1-14-10-15(2)13-21(12-14)19(22)6-7-20-27(23,24)16-4-5-17-18(11-16)26-9-3-8-25-17/h4-5,11,14-15,20H,3,6-10,12-13H2,1-2H3. The number of nitrogens with zero attached hydrogens (tertiary/aromatic N) is 1. The molecule has 0 aromatic heterocycles. The van der Waals surface area contributed by atoms with Crippen LogP contribution in [0, 0.1) is 11.8 Å². The Bertz CT molecular complexity index is 770. The number of carbonyl (C=O) groups is 1. The zero-order valence-electron chi connectivity index (χ0n) is 15.9. The van der Waals surface area contributed by atoms with Crippen LogP contribution in [0.25, 0.3) is 0 Å². The highest BCUT2D eigenvalue weighted by atomic mass is 32.2. The zero-order valence-corrected chi connectivity index (χ0v) is 16.8. The van der Waals surface area contributed by atoms with Gasteiger partial charge in [-0.3, -0.25) is 4.79 Å². The van der Waals surface area contributed by atoms with Crippen molar-refractivity contribution in [1.29, 1.82) is 0 Å². The van der Waals surface area contributed by atoms with Crippen molar-refractivity contribution < 1.29 is 22.7 Å². The largest absolute Gasteiger partial charge is 0.490 e. The lowest BCUT2D eigenvalue weighted by molar-refractivity contribution is -0.133. The first-order valence-corrected chi connectivity index (χ1v) is 11.0. The molecule has 2 heterocycles. The van der Waals surface area contributed by atoms with Gasteiger partial charge >= 0.3 is 0 Å². The number of benzene rings is 1. The van der Waals surface area contributed by atoms with Gasteiger partial charge in [0.15, 0.2) is 11.5 Å². The van der Waals surface area contributed by atoms with E-state index < -0.39 is 10.0 Å². The first-order chi connectivity index (χ1) is 12.8. The molecule has 2 aliphatic heterocycles. The molecule has 150 valence electrons. The van der Waals surface area contributed by atoms with Gasteiger partial charge in [-0.15, -0.1) is 0 Å². The summed E-state index contributed by atoms with van der Waals surface area (Å²) in [6.07, 6.45) is 2.04. The number of sulfonamides is 1. The van der Waals surface area contributed by atoms with E-state index in [0.29, 0.717) is 36.5 Å². The Labute approximate surface area is 161 Å². The summed E-state index contributed by atoms with van der Waals surface area (Å²) in [5.41, 5.74) is 0. The van der Waals surface area contributed by atoms with E-state index in [0.717, 1.165) is 25.9 Å². The van der Waals surface area contributed by atoms with Gasteiger partial charge in [0.2, 0.25) is 15.9 Å². The summed E-state index contributed by atoms with van der Waals surface area (Å²) in [7, 11) is -3.71. The zero-order chi connectivity index (χ0) is 19.4. The number of hydrogen-bond donors (Lipinski definition) is 1. The lowest BCUT2D eigenvalue weighted by Crippen LogP contribution is -2.43. The molecule has 2 atom stereocenters. The quantitative estimate of drug-likeness (QED) is 0.823. The number of hydrogen-bond acceptors (Lipinski definition) is 5. The normalized spacial score (nSPS) is 23.0. The number of likely N-dealkylation sites (tertiary alicyclic amines) is 1. The number of amides is 1. The molecule has 0 radical (unpaired) electrons. The van der Waals surface area contributed by atoms with Gasteiger partial charge in [-0.1, -0.05) is 13.8 Å². The van der Waals surface area contributed by atoms with Crippen molar-refractivity contribution in [3.05, 3.63) is 18.2 Å². The minimum absolute atomic E-state index is 0.00485. The summed E-state index contributed by atoms with van der Waals surface area (Å²) in [5.74, 6) is 1.94. The highest BCUT2D eigenvalue weighted by Gasteiger charge is 2.25. The predicted octanol–water partition coefficient (Wildman–Crippen LogP) is 2.02. The first kappa shape index (κ1) is 19.9. The molecule has 2 aliphatic rings. The van der Waals surface area contributed by atoms with Crippen LogP contribution in [0.1, 0.15) is 33.1 Å². The molecular formula is C19H28N2O5S. The van der Waals surface area contributed by atoms with E-state index in [-0.39, 0.29) is 23.8 Å². The van der Waals surface area contributed by atoms with Crippen LogP contribution in [0.5, 0.6) is 11.5 Å². The number of piperidine rings is 1. The third kappa shape index (κ3) is 5.13. The molecule has 1 amide bonds. The van der Waals surface area contributed by atoms with E-state index in [4.69, 9.17) is 9.47 Å². The molecule has 2 unspecified atom stereocenters. The molecule has 3 rings (SSSR count). The van der Waals surface area contributed by atoms with E-state index in [1.165, 1.54) is 12.1 Å². The molecule has 1 fully saturated rings. The van der Waals surface area contributed by atoms with E-state index in [1.807, 2.05) is 4.90 Å². The third-order valence-corrected chi connectivity index (χ3v) is 6.34. The maximum absolute atomic E-state index is 12.5. The van der Waals surface area contributed by atoms with E-state index in [2.05, 4.69) is 18.6 Å². The first-order valence-electron chi connectivity index (χ1n) is 9.52. The van der Waals surface area contributed by atoms with E-state index >= 15 is 0 Å². The number of ether oxygens (including phenoxy) is 2. The highest BCUT2D eigenvalue weighted by Crippen LogP contribution is 2.31. The lowest BCUT2D eigenvalue weighted by Gasteiger charge is -2.35. The highest BCUT2D eigenvalue weighted by molar-refractivity contribution is 7.89. The molecule has 1 aromatic rings. The van der Waals surface area contributed by atoms with Crippen molar-refractivity contribution in [1.82, 2.24) is 9.62 Å². The van der Waals surface area contributed by atoms with Gasteiger partial charge in [0, 0.05) is 38.5 Å². The van der Waals surface area contributed by atoms with Crippen molar-refractivity contribution >= 4 is 15.9 Å². The average Bonchev–Trinajstić information content (AvgIpc) is 2.85. The Balaban J connectivity index is 1.57. The van der Waals surface area contributed by atoms with Gasteiger partial charge in [0.25, 0.3) is 0 Å². The fourth-order valence-corrected chi connectivity index (χ4v) is 4.76. The van der Waals surface area contributed by atoms with Gasteiger partial charge in [0.05, 0.1) is 18.1 Å². The van der Waals surface area contributed by atoms with Crippen LogP contribution in [-0.2, 0) is 14.8 Å². The third-order valence-electron chi connectivity index (χ3n) is 4.88. The van der Waals surface area contributed by atoms with Crippen molar-refractivity contribution in [2.75, 3.05) is 32.8 Å². The molecule has 0 saturated carbocycles. The summed E-state index contributed by atoms with van der Waals surface area (Å²) in [6.45, 7) is 6.90. The van der Waals surface area contributed by atoms with Crippen molar-refractivity contribution in [2.24, 2.45) is 11.8 Å². The van der Waals surface area contributed by atoms with Crippen LogP contribution in [0.2, 0.25) is 0 Å². The summed E-state index contributed by atoms with van der Waals surface area (Å²) in [4.78, 5) is 14.4. The molecular weight excluding hydrogens is 368 g/mol. The Morgan fingerprint density at radius 2 is 1.81 bits per heavy atom. The topological polar surface area (TPSA) is 84.9 Å². The summed E-state index contributed by atoms with van der Waals surface area (Å²) in [5, 5.41) is 0. The van der Waals surface area contributed by atoms with Crippen molar-refractivity contribution in [3.63, 3.8) is 0 Å². The molecule has 1 aromatic carbocycles. The number of rotatable bonds is 5. The predicted molar refractivity (Wildman–Crippen MR) is 101 cm³/mol. The second-order valence-electron chi connectivity index (χ2n) is 7.55. The molecule has 0 spiro atoms. The molecule has 0 aliphatic carbocycles. The minimum atomic E-state index is -3.71. The summed E-state index contributed by atoms with van der Waals surface area (Å²) in [6, 6.07) is 4.57. The second kappa shape index (κ2) is 8.48. The Morgan fingerprint density at radius 3 is 2.52 bits per heavy atom. The molecule has 7 nitrogen and oxygen atoms in total. The number of fused-ring (bicyclic) bond motifs is 1. The van der Waals surface area contributed by atoms with Crippen molar-refractivity contribution in [3.8, 4) is 11.5 Å². The van der Waals surface area contributed by atoms with Crippen LogP contribution < -0.4 is 14.2 Å². The van der Waals surface area contributed by atoms with Gasteiger partial charge in [-0.05, 0) is 30.4 Å². The maximum Gasteiger partial charge on any atom is 0.240 e. The van der Waals surface area contributed by atoms with Gasteiger partial charge in [-0.2, -0.15) is 0 Å². The summed E-state index contributed by atoms with van der Waals surface area (Å²) < 4.78 is 38.7. The molecule has 0 bridgehead atoms. The fraction of sp³-hybridized carbons (Fsp3) is 0.632. The Morgan fingerprint density at radius 1 is 1.15 bits per heavy atom. The Hall–Kier alpha value is -1.80. The monoisotopic (exact) mass is 396 g/mol. The fourth-order valence-electron chi connectivity index (χ4n) is 3.71. The SMILES string of the molecule is CC1CC(C)CN(C(=O)CCNS(=O)(=O)c2ccc3c(c2)OCCCO3)C1. The minimum Gasteiger partial charge on any atom is -0.490 e. The smallest absolute Gasteiger partial charge is 0.240 e. The lowest BCUT2D eigenvalue weighted by atomic mass is 9.92. The number of nitrogens with one attached hydrogen (secondary N) is 1.